The summed E-state index contributed by atoms with van der Waals surface area (Å²) in [5.41, 5.74) is 3.43. The van der Waals surface area contributed by atoms with Crippen LogP contribution in [0.5, 0.6) is 0 Å². The van der Waals surface area contributed by atoms with Crippen LogP contribution in [0, 0.1) is 11.8 Å². The molecule has 4 heterocycles. The van der Waals surface area contributed by atoms with Crippen molar-refractivity contribution in [3.8, 4) is 11.1 Å². The fraction of sp³-hybridized carbons (Fsp3) is 0.471. The molecular weight excluding hydrogens is 540 g/mol. The van der Waals surface area contributed by atoms with Crippen molar-refractivity contribution in [1.82, 2.24) is 24.6 Å². The molecule has 2 saturated heterocycles. The second-order valence-corrected chi connectivity index (χ2v) is 13.1. The first-order valence-electron chi connectivity index (χ1n) is 15.6. The van der Waals surface area contributed by atoms with Gasteiger partial charge in [-0.2, -0.15) is 0 Å². The molecular formula is C34H40N6O3. The van der Waals surface area contributed by atoms with E-state index < -0.39 is 5.54 Å². The van der Waals surface area contributed by atoms with Gasteiger partial charge in [-0.25, -0.2) is 0 Å². The fourth-order valence-corrected chi connectivity index (χ4v) is 6.94. The lowest BCUT2D eigenvalue weighted by Gasteiger charge is -2.37. The highest BCUT2D eigenvalue weighted by atomic mass is 16.2. The number of H-pyrrole nitrogens is 1. The van der Waals surface area contributed by atoms with Crippen molar-refractivity contribution in [3.05, 3.63) is 60.3 Å². The van der Waals surface area contributed by atoms with Crippen LogP contribution in [0.2, 0.25) is 0 Å². The maximum Gasteiger partial charge on any atom is 0.256 e. The molecule has 1 atom stereocenters. The Hall–Kier alpha value is -3.98. The lowest BCUT2D eigenvalue weighted by molar-refractivity contribution is -0.138. The topological polar surface area (TPSA) is 92.3 Å². The number of carbonyl (C=O) groups excluding carboxylic acids is 3. The quantitative estimate of drug-likeness (QED) is 0.462. The zero-order valence-electron chi connectivity index (χ0n) is 25.1. The third-order valence-electron chi connectivity index (χ3n) is 9.61. The van der Waals surface area contributed by atoms with Crippen molar-refractivity contribution >= 4 is 34.5 Å². The number of aliphatic imine (C=N–C) groups is 1. The van der Waals surface area contributed by atoms with Crippen LogP contribution >= 0.6 is 0 Å². The maximum atomic E-state index is 14.2. The normalized spacial score (nSPS) is 21.8. The van der Waals surface area contributed by atoms with Gasteiger partial charge in [0.15, 0.2) is 0 Å². The molecule has 0 radical (unpaired) electrons. The molecule has 7 rings (SSSR count). The molecule has 9 heteroatoms. The highest BCUT2D eigenvalue weighted by molar-refractivity contribution is 6.15. The van der Waals surface area contributed by atoms with Crippen LogP contribution in [0.1, 0.15) is 37.7 Å². The Bertz CT molecular complexity index is 1580. The van der Waals surface area contributed by atoms with E-state index in [2.05, 4.69) is 53.5 Å². The molecule has 224 valence electrons. The first kappa shape index (κ1) is 27.8. The van der Waals surface area contributed by atoms with Gasteiger partial charge < -0.3 is 19.7 Å². The van der Waals surface area contributed by atoms with Crippen LogP contribution in [-0.4, -0.2) is 107 Å². The number of hydrogen-bond acceptors (Lipinski definition) is 5. The number of hydrogen-bond donors (Lipinski definition) is 1. The molecule has 0 bridgehead atoms. The van der Waals surface area contributed by atoms with Gasteiger partial charge in [-0.1, -0.05) is 30.3 Å². The van der Waals surface area contributed by atoms with Gasteiger partial charge in [0, 0.05) is 55.9 Å². The number of carbonyl (C=O) groups is 3. The predicted molar refractivity (Wildman–Crippen MR) is 166 cm³/mol. The average molecular weight is 581 g/mol. The third-order valence-corrected chi connectivity index (χ3v) is 9.61. The van der Waals surface area contributed by atoms with Crippen molar-refractivity contribution in [2.24, 2.45) is 16.8 Å². The minimum Gasteiger partial charge on any atom is -0.361 e. The average Bonchev–Trinajstić information content (AvgIpc) is 3.47. The Morgan fingerprint density at radius 1 is 0.930 bits per heavy atom. The number of benzene rings is 2. The lowest BCUT2D eigenvalue weighted by atomic mass is 9.87. The Balaban J connectivity index is 1.14. The van der Waals surface area contributed by atoms with Gasteiger partial charge in [0.2, 0.25) is 11.8 Å². The van der Waals surface area contributed by atoms with Gasteiger partial charge in [-0.15, -0.1) is 0 Å². The van der Waals surface area contributed by atoms with Gasteiger partial charge in [0.05, 0.1) is 6.54 Å². The summed E-state index contributed by atoms with van der Waals surface area (Å²) in [6.07, 6.45) is 5.91. The van der Waals surface area contributed by atoms with E-state index >= 15 is 0 Å². The van der Waals surface area contributed by atoms with Gasteiger partial charge in [0.1, 0.15) is 11.4 Å². The second kappa shape index (κ2) is 10.9. The maximum absolute atomic E-state index is 14.2. The molecule has 1 aromatic heterocycles. The van der Waals surface area contributed by atoms with Gasteiger partial charge in [-0.3, -0.25) is 24.3 Å². The van der Waals surface area contributed by atoms with E-state index in [1.807, 2.05) is 39.9 Å². The van der Waals surface area contributed by atoms with Crippen molar-refractivity contribution < 1.29 is 14.4 Å². The van der Waals surface area contributed by atoms with Crippen LogP contribution in [0.25, 0.3) is 22.0 Å². The number of fused-ring (bicyclic) bond motifs is 1. The van der Waals surface area contributed by atoms with E-state index in [-0.39, 0.29) is 29.6 Å². The number of likely N-dealkylation sites (tertiary alicyclic amines) is 2. The Morgan fingerprint density at radius 3 is 2.37 bits per heavy atom. The molecule has 4 aliphatic rings. The number of rotatable bonds is 7. The molecule has 3 aliphatic heterocycles. The number of amidine groups is 1. The lowest BCUT2D eigenvalue weighted by Crippen LogP contribution is -2.53. The summed E-state index contributed by atoms with van der Waals surface area (Å²) in [4.78, 5) is 55.8. The summed E-state index contributed by atoms with van der Waals surface area (Å²) in [6, 6.07) is 16.8. The number of aromatic amines is 1. The van der Waals surface area contributed by atoms with E-state index in [9.17, 15) is 14.4 Å². The smallest absolute Gasteiger partial charge is 0.256 e. The van der Waals surface area contributed by atoms with E-state index in [1.54, 1.807) is 0 Å². The second-order valence-electron chi connectivity index (χ2n) is 13.1. The molecule has 0 unspecified atom stereocenters. The Labute approximate surface area is 252 Å². The van der Waals surface area contributed by atoms with Crippen molar-refractivity contribution in [1.29, 1.82) is 0 Å². The summed E-state index contributed by atoms with van der Waals surface area (Å²) in [5.74, 6) is 1.56. The van der Waals surface area contributed by atoms with Crippen LogP contribution in [-0.2, 0) is 14.4 Å². The summed E-state index contributed by atoms with van der Waals surface area (Å²) in [6.45, 7) is 3.44. The van der Waals surface area contributed by atoms with E-state index in [0.717, 1.165) is 53.8 Å². The number of nitrogens with one attached hydrogen (secondary N) is 1. The van der Waals surface area contributed by atoms with Crippen LogP contribution in [0.15, 0.2) is 59.7 Å². The Kier molecular flexibility index (Phi) is 7.08. The number of amides is 3. The molecule has 2 aromatic carbocycles. The highest BCUT2D eigenvalue weighted by Gasteiger charge is 2.51. The van der Waals surface area contributed by atoms with Crippen molar-refractivity contribution in [3.63, 3.8) is 0 Å². The van der Waals surface area contributed by atoms with Crippen molar-refractivity contribution in [2.75, 3.05) is 53.4 Å². The molecule has 1 aliphatic carbocycles. The monoisotopic (exact) mass is 580 g/mol. The number of aromatic nitrogens is 1. The zero-order valence-corrected chi connectivity index (χ0v) is 25.1. The molecule has 1 N–H and O–H groups in total. The van der Waals surface area contributed by atoms with E-state index in [1.165, 1.54) is 5.39 Å². The summed E-state index contributed by atoms with van der Waals surface area (Å²) in [7, 11) is 3.79. The van der Waals surface area contributed by atoms with E-state index in [4.69, 9.17) is 4.99 Å². The number of nitrogens with zero attached hydrogens (tertiary/aromatic N) is 5. The zero-order chi connectivity index (χ0) is 29.7. The van der Waals surface area contributed by atoms with Crippen LogP contribution in [0.3, 0.4) is 0 Å². The molecule has 3 aromatic rings. The number of piperidine rings is 1. The molecule has 43 heavy (non-hydrogen) atoms. The number of likely N-dealkylation sites (N-methyl/N-ethyl adjacent to an activating group) is 1. The molecule has 9 nitrogen and oxygen atoms in total. The SMILES string of the molecule is CN(C)CC(=O)N1CCC2(CC1)N=C(c1ccc(-c3ccc4[nH]ccc4c3)cc1)N(C[C@@H]1CCN(C(=O)C3CC3)C1)C2=O. The molecule has 1 spiro atoms. The molecule has 3 amide bonds. The minimum absolute atomic E-state index is 0.0381. The largest absolute Gasteiger partial charge is 0.361 e. The minimum atomic E-state index is -0.843. The fourth-order valence-electron chi connectivity index (χ4n) is 6.94. The predicted octanol–water partition coefficient (Wildman–Crippen LogP) is 3.61. The first-order valence-corrected chi connectivity index (χ1v) is 15.6. The Morgan fingerprint density at radius 2 is 1.65 bits per heavy atom. The van der Waals surface area contributed by atoms with Gasteiger partial charge >= 0.3 is 0 Å². The molecule has 1 saturated carbocycles. The first-order chi connectivity index (χ1) is 20.8. The standard InChI is InChI=1S/C34H40N6O3/c1-37(2)22-30(41)38-17-13-34(14-18-38)33(43)40(21-23-12-16-39(20-23)32(42)26-7-8-26)31(36-34)25-5-3-24(4-6-25)27-9-10-29-28(19-27)11-15-35-29/h3-6,9-11,15,19,23,26,35H,7-8,12-14,16-18,20-22H2,1-2H3/t23-/m1/s1. The highest BCUT2D eigenvalue weighted by Crippen LogP contribution is 2.38. The summed E-state index contributed by atoms with van der Waals surface area (Å²) in [5, 5.41) is 1.17. The van der Waals surface area contributed by atoms with Crippen molar-refractivity contribution in [2.45, 2.75) is 37.6 Å². The third kappa shape index (κ3) is 5.35. The summed E-state index contributed by atoms with van der Waals surface area (Å²) < 4.78 is 0. The van der Waals surface area contributed by atoms with Crippen LogP contribution < -0.4 is 0 Å². The molecule has 3 fully saturated rings. The van der Waals surface area contributed by atoms with E-state index in [0.29, 0.717) is 45.6 Å². The van der Waals surface area contributed by atoms with Gasteiger partial charge in [0.25, 0.3) is 5.91 Å². The van der Waals surface area contributed by atoms with Gasteiger partial charge in [-0.05, 0) is 86.8 Å². The van der Waals surface area contributed by atoms with Crippen LogP contribution in [0.4, 0.5) is 0 Å². The summed E-state index contributed by atoms with van der Waals surface area (Å²) >= 11 is 0.